The second-order valence-electron chi connectivity index (χ2n) is 3.72. The normalized spacial score (nSPS) is 21.8. The van der Waals surface area contributed by atoms with E-state index in [1.807, 2.05) is 13.4 Å². The van der Waals surface area contributed by atoms with E-state index in [2.05, 4.69) is 30.4 Å². The first-order valence-corrected chi connectivity index (χ1v) is 4.37. The van der Waals surface area contributed by atoms with E-state index in [-0.39, 0.29) is 0 Å². The lowest BCUT2D eigenvalue weighted by atomic mass is 9.81. The molecule has 0 fully saturated rings. The van der Waals surface area contributed by atoms with Gasteiger partial charge in [0.05, 0.1) is 17.7 Å². The van der Waals surface area contributed by atoms with E-state index in [1.54, 1.807) is 0 Å². The molecule has 0 spiro atoms. The molecular weight excluding hydrogens is 147 g/mol. The van der Waals surface area contributed by atoms with Gasteiger partial charge in [0.25, 0.3) is 0 Å². The molecule has 0 bridgehead atoms. The Morgan fingerprint density at radius 3 is 3.17 bits per heavy atom. The highest BCUT2D eigenvalue weighted by Gasteiger charge is 2.18. The summed E-state index contributed by atoms with van der Waals surface area (Å²) < 4.78 is 2.09. The maximum atomic E-state index is 4.39. The third-order valence-electron chi connectivity index (χ3n) is 2.49. The van der Waals surface area contributed by atoms with Gasteiger partial charge in [0, 0.05) is 13.0 Å². The highest BCUT2D eigenvalue weighted by atomic mass is 15.0. The molecule has 12 heavy (non-hydrogen) atoms. The Hall–Kier alpha value is -0.985. The van der Waals surface area contributed by atoms with Crippen LogP contribution in [0.4, 0.5) is 0 Å². The Bertz CT molecular complexity index is 338. The summed E-state index contributed by atoms with van der Waals surface area (Å²) in [6.07, 6.45) is 5.29. The summed E-state index contributed by atoms with van der Waals surface area (Å²) >= 11 is 0. The first kappa shape index (κ1) is 7.65. The topological polar surface area (TPSA) is 17.8 Å². The average molecular weight is 160 g/mol. The number of rotatable bonds is 0. The number of hydrogen-bond acceptors (Lipinski definition) is 1. The number of hydrogen-bond donors (Lipinski definition) is 0. The first-order valence-electron chi connectivity index (χ1n) is 4.37. The second kappa shape index (κ2) is 2.51. The maximum Gasteiger partial charge on any atom is 0.134 e. The first-order chi connectivity index (χ1) is 5.68. The zero-order valence-corrected chi connectivity index (χ0v) is 7.83. The van der Waals surface area contributed by atoms with Crippen molar-refractivity contribution >= 4 is 13.9 Å². The van der Waals surface area contributed by atoms with Crippen LogP contribution in [0.5, 0.6) is 0 Å². The lowest BCUT2D eigenvalue weighted by Gasteiger charge is -2.16. The highest BCUT2D eigenvalue weighted by Crippen LogP contribution is 2.30. The van der Waals surface area contributed by atoms with Crippen molar-refractivity contribution < 1.29 is 0 Å². The average Bonchev–Trinajstić information content (AvgIpc) is 2.33. The Balaban J connectivity index is 2.57. The van der Waals surface area contributed by atoms with Crippen LogP contribution in [0.1, 0.15) is 30.7 Å². The van der Waals surface area contributed by atoms with Gasteiger partial charge >= 0.3 is 0 Å². The van der Waals surface area contributed by atoms with Crippen molar-refractivity contribution in [3.05, 3.63) is 23.2 Å². The van der Waals surface area contributed by atoms with Crippen LogP contribution in [0.3, 0.4) is 0 Å². The summed E-state index contributed by atoms with van der Waals surface area (Å²) in [6.45, 7) is 2.24. The Kier molecular flexibility index (Phi) is 1.60. The smallest absolute Gasteiger partial charge is 0.134 e. The van der Waals surface area contributed by atoms with Crippen LogP contribution in [0, 0.1) is 0 Å². The number of aryl methyl sites for hydroxylation is 1. The number of fused-ring (bicyclic) bond motifs is 1. The molecule has 1 aromatic heterocycles. The summed E-state index contributed by atoms with van der Waals surface area (Å²) in [5.41, 5.74) is 3.99. The van der Waals surface area contributed by atoms with Gasteiger partial charge in [-0.2, -0.15) is 0 Å². The van der Waals surface area contributed by atoms with E-state index in [9.17, 15) is 0 Å². The van der Waals surface area contributed by atoms with Crippen LogP contribution >= 0.6 is 0 Å². The van der Waals surface area contributed by atoms with Gasteiger partial charge in [-0.05, 0) is 12.5 Å². The molecule has 0 N–H and O–H groups in total. The maximum absolute atomic E-state index is 4.39. The van der Waals surface area contributed by atoms with Crippen LogP contribution in [0.15, 0.2) is 11.8 Å². The minimum atomic E-state index is 0.589. The molecule has 62 valence electrons. The fourth-order valence-corrected chi connectivity index (χ4v) is 1.89. The van der Waals surface area contributed by atoms with Gasteiger partial charge in [0.1, 0.15) is 7.85 Å². The molecule has 1 heterocycles. The predicted molar refractivity (Wildman–Crippen MR) is 52.8 cm³/mol. The third kappa shape index (κ3) is 1.00. The fourth-order valence-electron chi connectivity index (χ4n) is 1.89. The standard InChI is InChI=1S/C9H13BN2/c1-6-3-7(10)4-8-9(6)11-5-12(8)2/h4-6H,3,10H2,1-2H3. The van der Waals surface area contributed by atoms with Crippen molar-refractivity contribution in [2.75, 3.05) is 0 Å². The molecule has 1 aliphatic rings. The SMILES string of the molecule is BC1=Cc2c(ncn2C)C(C)C1. The molecular formula is C9H13BN2. The van der Waals surface area contributed by atoms with Gasteiger partial charge in [-0.15, -0.1) is 5.47 Å². The molecule has 0 saturated carbocycles. The van der Waals surface area contributed by atoms with Crippen molar-refractivity contribution in [3.63, 3.8) is 0 Å². The van der Waals surface area contributed by atoms with Gasteiger partial charge < -0.3 is 4.57 Å². The molecule has 3 heteroatoms. The summed E-state index contributed by atoms with van der Waals surface area (Å²) in [7, 11) is 4.24. The van der Waals surface area contributed by atoms with E-state index in [1.165, 1.54) is 16.9 Å². The Labute approximate surface area is 73.7 Å². The molecule has 1 unspecified atom stereocenters. The highest BCUT2D eigenvalue weighted by molar-refractivity contribution is 6.24. The van der Waals surface area contributed by atoms with Crippen molar-refractivity contribution in [2.24, 2.45) is 7.05 Å². The summed E-state index contributed by atoms with van der Waals surface area (Å²) in [4.78, 5) is 4.39. The molecule has 1 aliphatic carbocycles. The fraction of sp³-hybridized carbons (Fsp3) is 0.444. The summed E-state index contributed by atoms with van der Waals surface area (Å²) in [5.74, 6) is 0.589. The van der Waals surface area contributed by atoms with Gasteiger partial charge in [-0.1, -0.05) is 6.92 Å². The molecule has 2 rings (SSSR count). The Morgan fingerprint density at radius 1 is 1.67 bits per heavy atom. The Morgan fingerprint density at radius 2 is 2.42 bits per heavy atom. The molecule has 0 radical (unpaired) electrons. The number of nitrogens with zero attached hydrogens (tertiary/aromatic N) is 2. The molecule has 0 aliphatic heterocycles. The molecule has 1 aromatic rings. The van der Waals surface area contributed by atoms with E-state index in [4.69, 9.17) is 0 Å². The van der Waals surface area contributed by atoms with Crippen LogP contribution in [0.2, 0.25) is 0 Å². The summed E-state index contributed by atoms with van der Waals surface area (Å²) in [5, 5.41) is 0. The third-order valence-corrected chi connectivity index (χ3v) is 2.49. The van der Waals surface area contributed by atoms with Crippen LogP contribution in [-0.2, 0) is 7.05 Å². The molecule has 0 amide bonds. The van der Waals surface area contributed by atoms with Crippen molar-refractivity contribution in [2.45, 2.75) is 19.3 Å². The number of imidazole rings is 1. The summed E-state index contributed by atoms with van der Waals surface area (Å²) in [6, 6.07) is 0. The van der Waals surface area contributed by atoms with Crippen LogP contribution in [0.25, 0.3) is 6.08 Å². The van der Waals surface area contributed by atoms with Gasteiger partial charge in [-0.3, -0.25) is 0 Å². The zero-order chi connectivity index (χ0) is 8.72. The van der Waals surface area contributed by atoms with E-state index in [0.717, 1.165) is 6.42 Å². The lowest BCUT2D eigenvalue weighted by Crippen LogP contribution is -2.05. The minimum Gasteiger partial charge on any atom is -0.334 e. The largest absolute Gasteiger partial charge is 0.334 e. The minimum absolute atomic E-state index is 0.589. The quantitative estimate of drug-likeness (QED) is 0.515. The lowest BCUT2D eigenvalue weighted by molar-refractivity contribution is 0.734. The van der Waals surface area contributed by atoms with Crippen molar-refractivity contribution in [1.82, 2.24) is 9.55 Å². The molecule has 1 atom stereocenters. The monoisotopic (exact) mass is 160 g/mol. The van der Waals surface area contributed by atoms with Gasteiger partial charge in [0.15, 0.2) is 0 Å². The number of aromatic nitrogens is 2. The van der Waals surface area contributed by atoms with Gasteiger partial charge in [-0.25, -0.2) is 4.98 Å². The van der Waals surface area contributed by atoms with Gasteiger partial charge in [0.2, 0.25) is 0 Å². The molecule has 2 nitrogen and oxygen atoms in total. The van der Waals surface area contributed by atoms with Crippen molar-refractivity contribution in [1.29, 1.82) is 0 Å². The van der Waals surface area contributed by atoms with E-state index < -0.39 is 0 Å². The van der Waals surface area contributed by atoms with E-state index in [0.29, 0.717) is 5.92 Å². The van der Waals surface area contributed by atoms with Crippen LogP contribution < -0.4 is 0 Å². The second-order valence-corrected chi connectivity index (χ2v) is 3.72. The zero-order valence-electron chi connectivity index (χ0n) is 7.83. The van der Waals surface area contributed by atoms with Crippen molar-refractivity contribution in [3.8, 4) is 0 Å². The van der Waals surface area contributed by atoms with Crippen LogP contribution in [-0.4, -0.2) is 17.4 Å². The predicted octanol–water partition coefficient (Wildman–Crippen LogP) is 0.901. The van der Waals surface area contributed by atoms with E-state index >= 15 is 0 Å². The number of allylic oxidation sites excluding steroid dienone is 1. The molecule has 0 saturated heterocycles. The molecule has 0 aromatic carbocycles.